The van der Waals surface area contributed by atoms with Gasteiger partial charge in [-0.2, -0.15) is 0 Å². The van der Waals surface area contributed by atoms with Gasteiger partial charge in [-0.05, 0) is 55.4 Å². The third-order valence-electron chi connectivity index (χ3n) is 7.52. The van der Waals surface area contributed by atoms with E-state index in [1.54, 1.807) is 13.0 Å². The molecule has 1 aromatic heterocycles. The molecule has 1 N–H and O–H groups in total. The number of aliphatic hydroxyl groups excluding tert-OH is 1. The molecule has 3 atom stereocenters. The second-order valence-electron chi connectivity index (χ2n) is 9.34. The summed E-state index contributed by atoms with van der Waals surface area (Å²) in [6, 6.07) is 17.3. The molecule has 2 aliphatic rings. The van der Waals surface area contributed by atoms with Gasteiger partial charge in [0.25, 0.3) is 0 Å². The molecule has 0 aliphatic heterocycles. The molecule has 0 unspecified atom stereocenters. The molecular weight excluding hydrogens is 440 g/mol. The van der Waals surface area contributed by atoms with Gasteiger partial charge >= 0.3 is 5.97 Å². The average Bonchev–Trinajstić information content (AvgIpc) is 2.91. The van der Waals surface area contributed by atoms with Crippen molar-refractivity contribution in [3.63, 3.8) is 0 Å². The Morgan fingerprint density at radius 2 is 2.00 bits per heavy atom. The Hall–Kier alpha value is -3.80. The number of ether oxygens (including phenoxy) is 1. The maximum atomic E-state index is 13.1. The normalized spacial score (nSPS) is 24.5. The van der Waals surface area contributed by atoms with Crippen LogP contribution in [0.15, 0.2) is 72.6 Å². The molecule has 2 aromatic carbocycles. The summed E-state index contributed by atoms with van der Waals surface area (Å²) in [5.41, 5.74) is 3.84. The zero-order chi connectivity index (χ0) is 24.6. The molecule has 0 spiro atoms. The van der Waals surface area contributed by atoms with Crippen LogP contribution in [0.3, 0.4) is 0 Å². The number of aryl methyl sites for hydroxylation is 1. The quantitative estimate of drug-likeness (QED) is 0.321. The smallest absolute Gasteiger partial charge is 0.338 e. The molecule has 6 nitrogen and oxygen atoms in total. The van der Waals surface area contributed by atoms with Crippen LogP contribution in [0.2, 0.25) is 0 Å². The summed E-state index contributed by atoms with van der Waals surface area (Å²) in [5.74, 6) is -0.150. The third-order valence-corrected chi connectivity index (χ3v) is 7.52. The van der Waals surface area contributed by atoms with Crippen molar-refractivity contribution in [2.75, 3.05) is 6.61 Å². The van der Waals surface area contributed by atoms with E-state index < -0.39 is 5.41 Å². The minimum absolute atomic E-state index is 0.0320. The maximum Gasteiger partial charge on any atom is 0.338 e. The van der Waals surface area contributed by atoms with Gasteiger partial charge in [-0.3, -0.25) is 4.79 Å². The predicted octanol–water partition coefficient (Wildman–Crippen LogP) is 5.22. The van der Waals surface area contributed by atoms with Gasteiger partial charge < -0.3 is 9.84 Å². The van der Waals surface area contributed by atoms with Crippen molar-refractivity contribution >= 4 is 11.8 Å². The topological polar surface area (TPSA) is 89.4 Å². The lowest BCUT2D eigenvalue weighted by Crippen LogP contribution is -2.51. The van der Waals surface area contributed by atoms with E-state index in [1.165, 1.54) is 0 Å². The summed E-state index contributed by atoms with van der Waals surface area (Å²) >= 11 is 0. The number of rotatable bonds is 4. The first-order valence-corrected chi connectivity index (χ1v) is 12.1. The molecule has 6 heteroatoms. The first-order valence-electron chi connectivity index (χ1n) is 12.1. The Kier molecular flexibility index (Phi) is 5.97. The number of carbonyl (C=O) groups excluding carboxylic acids is 2. The van der Waals surface area contributed by atoms with Gasteiger partial charge in [-0.25, -0.2) is 14.8 Å². The number of esters is 1. The molecule has 1 fully saturated rings. The number of benzene rings is 2. The van der Waals surface area contributed by atoms with Gasteiger partial charge in [-0.15, -0.1) is 0 Å². The molecule has 178 valence electrons. The van der Waals surface area contributed by atoms with Crippen molar-refractivity contribution in [3.05, 3.63) is 95.0 Å². The lowest BCUT2D eigenvalue weighted by atomic mass is 9.52. The fraction of sp³-hybridized carbons (Fsp3) is 0.310. The predicted molar refractivity (Wildman–Crippen MR) is 132 cm³/mol. The highest BCUT2D eigenvalue weighted by Gasteiger charge is 2.55. The number of aliphatic hydroxyl groups is 1. The minimum Gasteiger partial charge on any atom is -0.515 e. The summed E-state index contributed by atoms with van der Waals surface area (Å²) in [6.45, 7) is 4.00. The van der Waals surface area contributed by atoms with Crippen LogP contribution in [-0.4, -0.2) is 33.4 Å². The van der Waals surface area contributed by atoms with Crippen molar-refractivity contribution < 1.29 is 19.4 Å². The number of nitrogens with zero attached hydrogens (tertiary/aromatic N) is 2. The average molecular weight is 469 g/mol. The molecule has 0 amide bonds. The Balaban J connectivity index is 1.77. The molecule has 5 rings (SSSR count). The van der Waals surface area contributed by atoms with E-state index in [1.807, 2.05) is 61.7 Å². The van der Waals surface area contributed by atoms with Crippen LogP contribution < -0.4 is 0 Å². The summed E-state index contributed by atoms with van der Waals surface area (Å²) < 4.78 is 5.26. The van der Waals surface area contributed by atoms with Crippen LogP contribution in [0.1, 0.15) is 53.9 Å². The number of hydrogen-bond donors (Lipinski definition) is 1. The van der Waals surface area contributed by atoms with Crippen LogP contribution >= 0.6 is 0 Å². The van der Waals surface area contributed by atoms with Crippen LogP contribution in [0.4, 0.5) is 0 Å². The zero-order valence-electron chi connectivity index (χ0n) is 19.9. The van der Waals surface area contributed by atoms with Gasteiger partial charge in [-0.1, -0.05) is 49.4 Å². The fourth-order valence-electron chi connectivity index (χ4n) is 5.89. The largest absolute Gasteiger partial charge is 0.515 e. The molecule has 2 aliphatic carbocycles. The molecule has 1 saturated carbocycles. The highest BCUT2D eigenvalue weighted by atomic mass is 16.5. The first-order chi connectivity index (χ1) is 17.0. The number of ketones is 1. The van der Waals surface area contributed by atoms with Crippen LogP contribution in [-0.2, 0) is 21.4 Å². The minimum atomic E-state index is -0.690. The molecule has 1 heterocycles. The van der Waals surface area contributed by atoms with E-state index in [9.17, 15) is 14.7 Å². The van der Waals surface area contributed by atoms with Crippen LogP contribution in [0.5, 0.6) is 0 Å². The van der Waals surface area contributed by atoms with Crippen molar-refractivity contribution in [1.29, 1.82) is 0 Å². The van der Waals surface area contributed by atoms with E-state index in [2.05, 4.69) is 4.98 Å². The SMILES string of the molecule is CCOC(=O)c1cccc([C@]23C/C(=C/O)C(=O)[C@@H](C)[C@@H]2CCc2cnc(-c4ccccc4)nc23)c1. The lowest BCUT2D eigenvalue weighted by molar-refractivity contribution is -0.123. The van der Waals surface area contributed by atoms with E-state index in [-0.39, 0.29) is 30.2 Å². The standard InChI is InChI=1S/C29H28N2O4/c1-3-35-28(34)20-10-7-11-23(14-20)29-15-22(17-32)25(33)18(2)24(29)13-12-21-16-30-27(31-26(21)29)19-8-5-4-6-9-19/h4-11,14,16-18,24,32H,3,12-13,15H2,1-2H3/b22-17-/t18-,24-,29+/m0/s1. The monoisotopic (exact) mass is 468 g/mol. The van der Waals surface area contributed by atoms with Crippen LogP contribution in [0.25, 0.3) is 11.4 Å². The second kappa shape index (κ2) is 9.10. The van der Waals surface area contributed by atoms with Crippen molar-refractivity contribution in [3.8, 4) is 11.4 Å². The number of aromatic nitrogens is 2. The molecule has 0 bridgehead atoms. The summed E-state index contributed by atoms with van der Waals surface area (Å²) in [5, 5.41) is 10.0. The molecule has 3 aromatic rings. The van der Waals surface area contributed by atoms with E-state index in [0.717, 1.165) is 41.5 Å². The number of Topliss-reactive ketones (excluding diaryl/α,β-unsaturated/α-hetero) is 1. The van der Waals surface area contributed by atoms with Gasteiger partial charge in [0.2, 0.25) is 0 Å². The molecule has 0 saturated heterocycles. The van der Waals surface area contributed by atoms with Crippen molar-refractivity contribution in [2.45, 2.75) is 38.5 Å². The van der Waals surface area contributed by atoms with Gasteiger partial charge in [0.05, 0.1) is 24.1 Å². The summed E-state index contributed by atoms with van der Waals surface area (Å²) in [6.07, 6.45) is 4.70. The highest BCUT2D eigenvalue weighted by molar-refractivity contribution is 5.99. The second-order valence-corrected chi connectivity index (χ2v) is 9.34. The Morgan fingerprint density at radius 1 is 1.20 bits per heavy atom. The lowest BCUT2D eigenvalue weighted by Gasteiger charge is -2.50. The van der Waals surface area contributed by atoms with Gasteiger partial charge in [0.15, 0.2) is 11.6 Å². The Morgan fingerprint density at radius 3 is 2.74 bits per heavy atom. The van der Waals surface area contributed by atoms with E-state index in [0.29, 0.717) is 23.4 Å². The summed E-state index contributed by atoms with van der Waals surface area (Å²) in [4.78, 5) is 35.5. The Bertz CT molecular complexity index is 1320. The number of allylic oxidation sites excluding steroid dienone is 1. The third kappa shape index (κ3) is 3.73. The molecular formula is C29H28N2O4. The molecule has 0 radical (unpaired) electrons. The highest BCUT2D eigenvalue weighted by Crippen LogP contribution is 2.55. The maximum absolute atomic E-state index is 13.1. The zero-order valence-corrected chi connectivity index (χ0v) is 19.9. The first kappa shape index (κ1) is 23.0. The number of carbonyl (C=O) groups is 2. The number of fused-ring (bicyclic) bond motifs is 3. The summed E-state index contributed by atoms with van der Waals surface area (Å²) in [7, 11) is 0. The van der Waals surface area contributed by atoms with Crippen LogP contribution in [0, 0.1) is 11.8 Å². The van der Waals surface area contributed by atoms with Crippen molar-refractivity contribution in [2.24, 2.45) is 11.8 Å². The van der Waals surface area contributed by atoms with Gasteiger partial charge in [0.1, 0.15) is 0 Å². The van der Waals surface area contributed by atoms with Gasteiger partial charge in [0, 0.05) is 28.7 Å². The molecule has 35 heavy (non-hydrogen) atoms. The van der Waals surface area contributed by atoms with E-state index in [4.69, 9.17) is 9.72 Å². The number of hydrogen-bond acceptors (Lipinski definition) is 6. The van der Waals surface area contributed by atoms with E-state index >= 15 is 0 Å². The van der Waals surface area contributed by atoms with Crippen molar-refractivity contribution in [1.82, 2.24) is 9.97 Å². The Labute approximate surface area is 204 Å². The fourth-order valence-corrected chi connectivity index (χ4v) is 5.89.